The molecule has 2 nitrogen and oxygen atoms in total. The Morgan fingerprint density at radius 1 is 1.86 bits per heavy atom. The smallest absolute Gasteiger partial charge is 0.201 e. The maximum absolute atomic E-state index is 9.60. The molecular formula is C5H7O2. The molecule has 1 aliphatic heterocycles. The average molecular weight is 99.1 g/mol. The molecule has 1 aliphatic rings. The normalized spacial score (nSPS) is 28.9. The fraction of sp³-hybridized carbons (Fsp3) is 0.800. The van der Waals surface area contributed by atoms with Crippen LogP contribution in [-0.2, 0) is 9.53 Å². The Morgan fingerprint density at radius 2 is 2.57 bits per heavy atom. The molecule has 0 aromatic carbocycles. The molecule has 0 bridgehead atoms. The molecule has 0 saturated carbocycles. The van der Waals surface area contributed by atoms with Crippen LogP contribution in [0.3, 0.4) is 0 Å². The molecule has 1 heterocycles. The molecule has 0 aliphatic carbocycles. The summed E-state index contributed by atoms with van der Waals surface area (Å²) in [6.07, 6.45) is 3.50. The van der Waals surface area contributed by atoms with Crippen LogP contribution in [0.5, 0.6) is 0 Å². The summed E-state index contributed by atoms with van der Waals surface area (Å²) in [6.45, 7) is 0.826. The van der Waals surface area contributed by atoms with Gasteiger partial charge >= 0.3 is 0 Å². The summed E-state index contributed by atoms with van der Waals surface area (Å²) in [6, 6.07) is 0. The van der Waals surface area contributed by atoms with Gasteiger partial charge in [0.2, 0.25) is 6.29 Å². The van der Waals surface area contributed by atoms with Gasteiger partial charge in [-0.15, -0.1) is 0 Å². The molecule has 1 radical (unpaired) electrons. The predicted molar refractivity (Wildman–Crippen MR) is 24.7 cm³/mol. The van der Waals surface area contributed by atoms with Crippen LogP contribution in [0.1, 0.15) is 12.8 Å². The Bertz CT molecular complexity index is 66.5. The van der Waals surface area contributed by atoms with Gasteiger partial charge in [-0.25, -0.2) is 0 Å². The second-order valence-electron chi connectivity index (χ2n) is 1.63. The fourth-order valence-corrected chi connectivity index (χ4v) is 0.538. The first-order chi connectivity index (χ1) is 3.43. The minimum atomic E-state index is 0.206. The molecule has 0 aromatic heterocycles. The highest BCUT2D eigenvalue weighted by atomic mass is 16.5. The van der Waals surface area contributed by atoms with E-state index in [2.05, 4.69) is 0 Å². The lowest BCUT2D eigenvalue weighted by Crippen LogP contribution is -2.26. The highest BCUT2D eigenvalue weighted by Crippen LogP contribution is 2.12. The van der Waals surface area contributed by atoms with Crippen molar-refractivity contribution < 1.29 is 9.53 Å². The Morgan fingerprint density at radius 3 is 2.71 bits per heavy atom. The van der Waals surface area contributed by atoms with Crippen molar-refractivity contribution in [2.75, 3.05) is 6.61 Å². The fourth-order valence-electron chi connectivity index (χ4n) is 0.538. The van der Waals surface area contributed by atoms with Crippen LogP contribution < -0.4 is 0 Å². The molecule has 0 amide bonds. The number of carbonyl (C=O) groups excluding carboxylic acids is 1. The molecule has 1 fully saturated rings. The minimum Gasteiger partial charge on any atom is -0.378 e. The molecule has 0 N–H and O–H groups in total. The Kier molecular flexibility index (Phi) is 1.42. The third-order valence-electron chi connectivity index (χ3n) is 1.10. The second-order valence-corrected chi connectivity index (χ2v) is 1.63. The van der Waals surface area contributed by atoms with Crippen molar-refractivity contribution in [3.05, 3.63) is 0 Å². The first-order valence-electron chi connectivity index (χ1n) is 2.40. The van der Waals surface area contributed by atoms with Crippen LogP contribution in [0.2, 0.25) is 0 Å². The quantitative estimate of drug-likeness (QED) is 0.497. The third kappa shape index (κ3) is 0.996. The zero-order chi connectivity index (χ0) is 5.11. The lowest BCUT2D eigenvalue weighted by Gasteiger charge is -2.23. The van der Waals surface area contributed by atoms with Crippen molar-refractivity contribution in [1.29, 1.82) is 0 Å². The summed E-state index contributed by atoms with van der Waals surface area (Å²) < 4.78 is 4.91. The van der Waals surface area contributed by atoms with Crippen molar-refractivity contribution in [1.82, 2.24) is 0 Å². The van der Waals surface area contributed by atoms with E-state index in [0.29, 0.717) is 6.42 Å². The van der Waals surface area contributed by atoms with Gasteiger partial charge in [-0.05, 0) is 6.42 Å². The molecule has 1 atom stereocenters. The summed E-state index contributed by atoms with van der Waals surface area (Å²) >= 11 is 0. The van der Waals surface area contributed by atoms with E-state index in [1.807, 2.05) is 0 Å². The van der Waals surface area contributed by atoms with Gasteiger partial charge in [0, 0.05) is 13.0 Å². The Labute approximate surface area is 42.5 Å². The first-order valence-corrected chi connectivity index (χ1v) is 2.40. The van der Waals surface area contributed by atoms with Crippen LogP contribution in [-0.4, -0.2) is 19.0 Å². The van der Waals surface area contributed by atoms with Crippen LogP contribution in [0.15, 0.2) is 0 Å². The maximum atomic E-state index is 9.60. The van der Waals surface area contributed by atoms with Crippen LogP contribution in [0.25, 0.3) is 0 Å². The molecular weight excluding hydrogens is 92.1 g/mol. The van der Waals surface area contributed by atoms with Crippen molar-refractivity contribution in [2.45, 2.75) is 18.9 Å². The zero-order valence-electron chi connectivity index (χ0n) is 4.02. The van der Waals surface area contributed by atoms with E-state index in [-0.39, 0.29) is 6.10 Å². The van der Waals surface area contributed by atoms with E-state index in [4.69, 9.17) is 4.74 Å². The highest BCUT2D eigenvalue weighted by Gasteiger charge is 2.16. The van der Waals surface area contributed by atoms with Gasteiger partial charge in [-0.3, -0.25) is 4.79 Å². The van der Waals surface area contributed by atoms with Gasteiger partial charge in [0.1, 0.15) is 0 Å². The molecule has 39 valence electrons. The Hall–Kier alpha value is -0.370. The van der Waals surface area contributed by atoms with Crippen molar-refractivity contribution in [3.63, 3.8) is 0 Å². The van der Waals surface area contributed by atoms with Crippen LogP contribution in [0, 0.1) is 0 Å². The van der Waals surface area contributed by atoms with E-state index in [0.717, 1.165) is 13.0 Å². The summed E-state index contributed by atoms with van der Waals surface area (Å²) in [5.74, 6) is 0. The molecule has 7 heavy (non-hydrogen) atoms. The van der Waals surface area contributed by atoms with Gasteiger partial charge in [0.05, 0.1) is 6.10 Å². The molecule has 1 saturated heterocycles. The standard InChI is InChI=1S/C5H7O2/c6-3-1-5-2-4-7-5/h5H,1-2,4H2. The van der Waals surface area contributed by atoms with Crippen molar-refractivity contribution >= 4 is 6.29 Å². The third-order valence-corrected chi connectivity index (χ3v) is 1.10. The van der Waals surface area contributed by atoms with Crippen molar-refractivity contribution in [3.8, 4) is 0 Å². The molecule has 0 spiro atoms. The number of rotatable bonds is 2. The lowest BCUT2D eigenvalue weighted by molar-refractivity contribution is -0.0451. The zero-order valence-corrected chi connectivity index (χ0v) is 4.02. The first kappa shape index (κ1) is 4.78. The summed E-state index contributed by atoms with van der Waals surface area (Å²) in [5.41, 5.74) is 0. The van der Waals surface area contributed by atoms with Gasteiger partial charge in [0.25, 0.3) is 0 Å². The van der Waals surface area contributed by atoms with Crippen LogP contribution in [0.4, 0.5) is 0 Å². The topological polar surface area (TPSA) is 26.3 Å². The highest BCUT2D eigenvalue weighted by molar-refractivity contribution is 5.51. The molecule has 0 aromatic rings. The Balaban J connectivity index is 2.03. The molecule has 2 heteroatoms. The largest absolute Gasteiger partial charge is 0.378 e. The minimum absolute atomic E-state index is 0.206. The van der Waals surface area contributed by atoms with E-state index in [9.17, 15) is 4.79 Å². The number of ether oxygens (including phenoxy) is 1. The predicted octanol–water partition coefficient (Wildman–Crippen LogP) is 0.275. The molecule has 1 unspecified atom stereocenters. The lowest BCUT2D eigenvalue weighted by atomic mass is 10.1. The summed E-state index contributed by atoms with van der Waals surface area (Å²) in [4.78, 5) is 9.60. The van der Waals surface area contributed by atoms with Gasteiger partial charge < -0.3 is 4.74 Å². The van der Waals surface area contributed by atoms with Crippen LogP contribution >= 0.6 is 0 Å². The van der Waals surface area contributed by atoms with Gasteiger partial charge in [0.15, 0.2) is 0 Å². The van der Waals surface area contributed by atoms with E-state index >= 15 is 0 Å². The van der Waals surface area contributed by atoms with E-state index in [1.165, 1.54) is 0 Å². The SMILES string of the molecule is O=[C]CC1CCO1. The average Bonchev–Trinajstić information content (AvgIpc) is 1.55. The summed E-state index contributed by atoms with van der Waals surface area (Å²) in [7, 11) is 0. The number of hydrogen-bond donors (Lipinski definition) is 0. The van der Waals surface area contributed by atoms with Crippen molar-refractivity contribution in [2.24, 2.45) is 0 Å². The summed E-state index contributed by atoms with van der Waals surface area (Å²) in [5, 5.41) is 0. The van der Waals surface area contributed by atoms with Gasteiger partial charge in [-0.2, -0.15) is 0 Å². The van der Waals surface area contributed by atoms with Gasteiger partial charge in [-0.1, -0.05) is 0 Å². The second kappa shape index (κ2) is 2.07. The monoisotopic (exact) mass is 99.0 g/mol. The van der Waals surface area contributed by atoms with E-state index in [1.54, 1.807) is 6.29 Å². The molecule has 1 rings (SSSR count). The van der Waals surface area contributed by atoms with E-state index < -0.39 is 0 Å². The number of hydrogen-bond acceptors (Lipinski definition) is 2. The maximum Gasteiger partial charge on any atom is 0.201 e.